The van der Waals surface area contributed by atoms with Gasteiger partial charge >= 0.3 is 39.5 Å². The molecule has 0 aliphatic heterocycles. The lowest BCUT2D eigenvalue weighted by atomic mass is 10.0. The van der Waals surface area contributed by atoms with Crippen molar-refractivity contribution < 1.29 is 80.2 Å². The van der Waals surface area contributed by atoms with Crippen LogP contribution in [-0.4, -0.2) is 96.7 Å². The number of hydrogen-bond acceptors (Lipinski definition) is 15. The molecule has 0 aromatic carbocycles. The third-order valence-electron chi connectivity index (χ3n) is 18.5. The molecule has 0 aromatic rings. The molecule has 0 heterocycles. The highest BCUT2D eigenvalue weighted by Crippen LogP contribution is 2.45. The van der Waals surface area contributed by atoms with Gasteiger partial charge in [-0.3, -0.25) is 37.3 Å². The molecule has 0 radical (unpaired) electrons. The van der Waals surface area contributed by atoms with Crippen molar-refractivity contribution >= 4 is 39.5 Å². The number of carbonyl (C=O) groups is 4. The van der Waals surface area contributed by atoms with E-state index in [1.54, 1.807) is 0 Å². The number of aliphatic hydroxyl groups is 1. The number of unbranched alkanes of at least 4 members (excludes halogenated alkanes) is 51. The predicted molar refractivity (Wildman–Crippen MR) is 400 cm³/mol. The zero-order valence-electron chi connectivity index (χ0n) is 63.9. The highest BCUT2D eigenvalue weighted by molar-refractivity contribution is 7.47. The minimum Gasteiger partial charge on any atom is -0.462 e. The number of ether oxygens (including phenoxy) is 4. The van der Waals surface area contributed by atoms with Gasteiger partial charge in [0.2, 0.25) is 0 Å². The van der Waals surface area contributed by atoms with Crippen molar-refractivity contribution in [2.75, 3.05) is 39.6 Å². The number of phosphoric acid groups is 2. The van der Waals surface area contributed by atoms with Gasteiger partial charge in [-0.05, 0) is 31.6 Å². The van der Waals surface area contributed by atoms with Crippen LogP contribution >= 0.6 is 15.6 Å². The molecule has 17 nitrogen and oxygen atoms in total. The summed E-state index contributed by atoms with van der Waals surface area (Å²) in [5.74, 6) is -1.35. The van der Waals surface area contributed by atoms with E-state index in [1.807, 2.05) is 0 Å². The molecule has 0 aliphatic carbocycles. The van der Waals surface area contributed by atoms with Crippen LogP contribution < -0.4 is 0 Å². The van der Waals surface area contributed by atoms with Crippen molar-refractivity contribution in [3.8, 4) is 0 Å². The van der Waals surface area contributed by atoms with Crippen molar-refractivity contribution in [3.63, 3.8) is 0 Å². The Hall–Kier alpha value is -1.94. The summed E-state index contributed by atoms with van der Waals surface area (Å²) in [6.07, 6.45) is 62.7. The van der Waals surface area contributed by atoms with Crippen molar-refractivity contribution in [2.24, 2.45) is 5.92 Å². The van der Waals surface area contributed by atoms with E-state index in [1.165, 1.54) is 231 Å². The molecule has 19 heteroatoms. The number of esters is 4. The van der Waals surface area contributed by atoms with Crippen LogP contribution in [0.3, 0.4) is 0 Å². The van der Waals surface area contributed by atoms with Gasteiger partial charge in [0.15, 0.2) is 12.2 Å². The second-order valence-corrected chi connectivity index (χ2v) is 31.8. The zero-order chi connectivity index (χ0) is 71.9. The van der Waals surface area contributed by atoms with E-state index in [2.05, 4.69) is 34.6 Å². The van der Waals surface area contributed by atoms with Crippen LogP contribution in [-0.2, 0) is 65.4 Å². The van der Waals surface area contributed by atoms with E-state index >= 15 is 0 Å². The Morgan fingerprint density at radius 1 is 0.276 bits per heavy atom. The Balaban J connectivity index is 5.15. The van der Waals surface area contributed by atoms with Gasteiger partial charge < -0.3 is 33.8 Å². The van der Waals surface area contributed by atoms with E-state index in [0.717, 1.165) is 109 Å². The SMILES string of the molecule is CCCCCCCCCCCCCCCCCCCCCCCCC(=O)O[C@H](COC(=O)CCCCCCCCCCCCCCCCC)COP(=O)(O)OC[C@@H](O)COP(=O)(O)OC[C@@H](COC(=O)CCCCCCCCC)OC(=O)CCCCCCCCCCCCCC(C)C. The van der Waals surface area contributed by atoms with Gasteiger partial charge in [0.05, 0.1) is 26.4 Å². The van der Waals surface area contributed by atoms with Gasteiger partial charge in [0.1, 0.15) is 19.3 Å². The predicted octanol–water partition coefficient (Wildman–Crippen LogP) is 23.6. The molecule has 0 amide bonds. The Kier molecular flexibility index (Phi) is 70.6. The lowest BCUT2D eigenvalue weighted by molar-refractivity contribution is -0.161. The van der Waals surface area contributed by atoms with E-state index in [9.17, 15) is 43.2 Å². The first-order chi connectivity index (χ1) is 47.5. The average molecular weight is 1440 g/mol. The Morgan fingerprint density at radius 2 is 0.469 bits per heavy atom. The van der Waals surface area contributed by atoms with E-state index in [4.69, 9.17) is 37.0 Å². The van der Waals surface area contributed by atoms with Gasteiger partial charge in [-0.2, -0.15) is 0 Å². The molecule has 0 fully saturated rings. The highest BCUT2D eigenvalue weighted by Gasteiger charge is 2.30. The maximum Gasteiger partial charge on any atom is 0.472 e. The molecule has 0 saturated heterocycles. The second-order valence-electron chi connectivity index (χ2n) is 28.9. The summed E-state index contributed by atoms with van der Waals surface area (Å²) < 4.78 is 68.5. The summed E-state index contributed by atoms with van der Waals surface area (Å²) in [7, 11) is -9.91. The molecule has 0 bridgehead atoms. The van der Waals surface area contributed by atoms with Crippen molar-refractivity contribution in [1.29, 1.82) is 0 Å². The van der Waals surface area contributed by atoms with E-state index in [-0.39, 0.29) is 25.7 Å². The van der Waals surface area contributed by atoms with E-state index < -0.39 is 97.5 Å². The lowest BCUT2D eigenvalue weighted by Gasteiger charge is -2.21. The standard InChI is InChI=1S/C79H154O17P2/c1-6-9-12-15-18-20-22-24-26-27-28-29-30-31-32-34-36-40-44-49-54-59-64-78(83)96-75(69-90-77(82)63-58-53-48-43-39-35-33-25-23-21-19-16-13-10-7-2)71-94-98(87,88)92-67-73(80)66-91-97(85,86)93-70-74(68-89-76(81)62-57-52-46-17-14-11-8-3)95-79(84)65-60-55-50-45-41-37-38-42-47-51-56-61-72(4)5/h72-75,80H,6-71H2,1-5H3,(H,85,86)(H,87,88)/t73-,74+,75+/m0/s1. The van der Waals surface area contributed by atoms with Crippen LogP contribution in [0.4, 0.5) is 0 Å². The van der Waals surface area contributed by atoms with Gasteiger partial charge in [0, 0.05) is 25.7 Å². The summed E-state index contributed by atoms with van der Waals surface area (Å²) in [6.45, 7) is 7.27. The number of hydrogen-bond donors (Lipinski definition) is 3. The normalized spacial score (nSPS) is 13.9. The number of rotatable bonds is 79. The van der Waals surface area contributed by atoms with Crippen LogP contribution in [0.2, 0.25) is 0 Å². The van der Waals surface area contributed by atoms with E-state index in [0.29, 0.717) is 25.7 Å². The fraction of sp³-hybridized carbons (Fsp3) is 0.949. The summed E-state index contributed by atoms with van der Waals surface area (Å²) >= 11 is 0. The molecule has 5 atom stereocenters. The first-order valence-electron chi connectivity index (χ1n) is 41.1. The summed E-state index contributed by atoms with van der Waals surface area (Å²) in [5, 5.41) is 10.6. The topological polar surface area (TPSA) is 237 Å². The number of aliphatic hydroxyl groups excluding tert-OH is 1. The van der Waals surface area contributed by atoms with Crippen LogP contribution in [0.15, 0.2) is 0 Å². The van der Waals surface area contributed by atoms with Crippen molar-refractivity contribution in [2.45, 2.75) is 438 Å². The fourth-order valence-electron chi connectivity index (χ4n) is 12.2. The Labute approximate surface area is 600 Å². The number of carbonyl (C=O) groups excluding carboxylic acids is 4. The summed E-state index contributed by atoms with van der Waals surface area (Å²) in [5.41, 5.74) is 0. The van der Waals surface area contributed by atoms with Gasteiger partial charge in [-0.15, -0.1) is 0 Å². The van der Waals surface area contributed by atoms with Crippen molar-refractivity contribution in [1.82, 2.24) is 0 Å². The molecule has 0 saturated carbocycles. The second kappa shape index (κ2) is 72.0. The third-order valence-corrected chi connectivity index (χ3v) is 20.4. The minimum absolute atomic E-state index is 0.106. The molecular weight excluding hydrogens is 1280 g/mol. The van der Waals surface area contributed by atoms with Gasteiger partial charge in [-0.1, -0.05) is 369 Å². The molecule has 2 unspecified atom stereocenters. The molecule has 0 aromatic heterocycles. The van der Waals surface area contributed by atoms with Crippen LogP contribution in [0.1, 0.15) is 420 Å². The van der Waals surface area contributed by atoms with Crippen LogP contribution in [0.25, 0.3) is 0 Å². The molecule has 98 heavy (non-hydrogen) atoms. The zero-order valence-corrected chi connectivity index (χ0v) is 65.7. The van der Waals surface area contributed by atoms with Gasteiger partial charge in [-0.25, -0.2) is 9.13 Å². The Morgan fingerprint density at radius 3 is 0.694 bits per heavy atom. The maximum absolute atomic E-state index is 13.1. The molecule has 0 aliphatic rings. The number of phosphoric ester groups is 2. The monoisotopic (exact) mass is 1440 g/mol. The fourth-order valence-corrected chi connectivity index (χ4v) is 13.8. The summed E-state index contributed by atoms with van der Waals surface area (Å²) in [4.78, 5) is 72.8. The molecule has 582 valence electrons. The third kappa shape index (κ3) is 72.4. The average Bonchev–Trinajstić information content (AvgIpc) is 1.01. The quantitative estimate of drug-likeness (QED) is 0.0222. The molecule has 0 rings (SSSR count). The minimum atomic E-state index is -4.96. The smallest absolute Gasteiger partial charge is 0.462 e. The largest absolute Gasteiger partial charge is 0.472 e. The van der Waals surface area contributed by atoms with Crippen molar-refractivity contribution in [3.05, 3.63) is 0 Å². The highest BCUT2D eigenvalue weighted by atomic mass is 31.2. The van der Waals surface area contributed by atoms with Crippen LogP contribution in [0.5, 0.6) is 0 Å². The first-order valence-corrected chi connectivity index (χ1v) is 44.1. The molecular formula is C79H154O17P2. The summed E-state index contributed by atoms with van der Waals surface area (Å²) in [6, 6.07) is 0. The van der Waals surface area contributed by atoms with Crippen LogP contribution in [0, 0.1) is 5.92 Å². The molecule has 3 N–H and O–H groups in total. The Bertz CT molecular complexity index is 1870. The van der Waals surface area contributed by atoms with Gasteiger partial charge in [0.25, 0.3) is 0 Å². The lowest BCUT2D eigenvalue weighted by Crippen LogP contribution is -2.30. The first kappa shape index (κ1) is 96.1. The molecule has 0 spiro atoms. The maximum atomic E-state index is 13.1.